The maximum absolute atomic E-state index is 9.38. The van der Waals surface area contributed by atoms with Gasteiger partial charge in [-0.25, -0.2) is 0 Å². The van der Waals surface area contributed by atoms with Gasteiger partial charge in [-0.2, -0.15) is 0 Å². The summed E-state index contributed by atoms with van der Waals surface area (Å²) in [5.41, 5.74) is 5.38. The van der Waals surface area contributed by atoms with Crippen LogP contribution in [0.2, 0.25) is 0 Å². The van der Waals surface area contributed by atoms with E-state index < -0.39 is 0 Å². The van der Waals surface area contributed by atoms with Crippen molar-refractivity contribution in [1.29, 1.82) is 0 Å². The van der Waals surface area contributed by atoms with Crippen LogP contribution < -0.4 is 5.73 Å². The van der Waals surface area contributed by atoms with Gasteiger partial charge in [-0.05, 0) is 19.3 Å². The monoisotopic (exact) mass is 213 g/mol. The van der Waals surface area contributed by atoms with Crippen LogP contribution in [0.3, 0.4) is 0 Å². The van der Waals surface area contributed by atoms with E-state index in [1.807, 2.05) is 0 Å². The number of nitrogens with two attached hydrogens (primary N) is 1. The van der Waals surface area contributed by atoms with E-state index in [2.05, 4.69) is 9.80 Å². The SMILES string of the molecule is NCC(O)CCN1CCN(C2CC2)CC1. The molecule has 0 radical (unpaired) electrons. The van der Waals surface area contributed by atoms with Gasteiger partial charge < -0.3 is 15.7 Å². The molecule has 2 fully saturated rings. The molecule has 0 bridgehead atoms. The van der Waals surface area contributed by atoms with Gasteiger partial charge in [-0.15, -0.1) is 0 Å². The Morgan fingerprint density at radius 1 is 1.20 bits per heavy atom. The molecule has 1 aliphatic carbocycles. The first-order chi connectivity index (χ1) is 7.29. The third kappa shape index (κ3) is 3.41. The molecule has 1 saturated carbocycles. The molecule has 1 heterocycles. The quantitative estimate of drug-likeness (QED) is 0.645. The Morgan fingerprint density at radius 2 is 1.87 bits per heavy atom. The minimum absolute atomic E-state index is 0.313. The lowest BCUT2D eigenvalue weighted by atomic mass is 10.2. The van der Waals surface area contributed by atoms with E-state index in [1.165, 1.54) is 25.9 Å². The van der Waals surface area contributed by atoms with Crippen molar-refractivity contribution in [3.05, 3.63) is 0 Å². The molecule has 2 rings (SSSR count). The van der Waals surface area contributed by atoms with Crippen LogP contribution in [0.25, 0.3) is 0 Å². The number of aliphatic hydroxyl groups excluding tert-OH is 1. The van der Waals surface area contributed by atoms with Crippen molar-refractivity contribution >= 4 is 0 Å². The normalized spacial score (nSPS) is 26.8. The second-order valence-corrected chi connectivity index (χ2v) is 4.79. The summed E-state index contributed by atoms with van der Waals surface area (Å²) in [4.78, 5) is 5.05. The Balaban J connectivity index is 1.60. The number of hydrogen-bond acceptors (Lipinski definition) is 4. The lowest BCUT2D eigenvalue weighted by Gasteiger charge is -2.35. The summed E-state index contributed by atoms with van der Waals surface area (Å²) in [5, 5.41) is 9.38. The highest BCUT2D eigenvalue weighted by molar-refractivity contribution is 4.87. The summed E-state index contributed by atoms with van der Waals surface area (Å²) in [6.45, 7) is 6.13. The van der Waals surface area contributed by atoms with Crippen LogP contribution in [0.4, 0.5) is 0 Å². The zero-order valence-electron chi connectivity index (χ0n) is 9.44. The van der Waals surface area contributed by atoms with Gasteiger partial charge in [0.05, 0.1) is 6.10 Å². The third-order valence-electron chi connectivity index (χ3n) is 3.52. The van der Waals surface area contributed by atoms with E-state index >= 15 is 0 Å². The number of rotatable bonds is 5. The van der Waals surface area contributed by atoms with Gasteiger partial charge in [0.15, 0.2) is 0 Å². The Bertz CT molecular complexity index is 188. The van der Waals surface area contributed by atoms with Gasteiger partial charge >= 0.3 is 0 Å². The fraction of sp³-hybridized carbons (Fsp3) is 1.00. The molecule has 0 amide bonds. The second-order valence-electron chi connectivity index (χ2n) is 4.79. The molecule has 0 aromatic rings. The molecule has 0 spiro atoms. The highest BCUT2D eigenvalue weighted by Gasteiger charge is 2.30. The highest BCUT2D eigenvalue weighted by atomic mass is 16.3. The van der Waals surface area contributed by atoms with E-state index in [9.17, 15) is 5.11 Å². The molecule has 1 saturated heterocycles. The lowest BCUT2D eigenvalue weighted by molar-refractivity contribution is 0.101. The third-order valence-corrected chi connectivity index (χ3v) is 3.52. The summed E-state index contributed by atoms with van der Waals surface area (Å²) in [5.74, 6) is 0. The molecule has 0 aromatic heterocycles. The van der Waals surface area contributed by atoms with Gasteiger partial charge in [-0.3, -0.25) is 4.90 Å². The van der Waals surface area contributed by atoms with Crippen molar-refractivity contribution in [3.8, 4) is 0 Å². The number of aliphatic hydroxyl groups is 1. The van der Waals surface area contributed by atoms with Gasteiger partial charge in [0.1, 0.15) is 0 Å². The van der Waals surface area contributed by atoms with Crippen molar-refractivity contribution in [1.82, 2.24) is 9.80 Å². The molecule has 15 heavy (non-hydrogen) atoms. The first kappa shape index (κ1) is 11.3. The first-order valence-electron chi connectivity index (χ1n) is 6.14. The van der Waals surface area contributed by atoms with E-state index in [4.69, 9.17) is 5.73 Å². The zero-order chi connectivity index (χ0) is 10.7. The topological polar surface area (TPSA) is 52.7 Å². The molecular formula is C11H23N3O. The van der Waals surface area contributed by atoms with Crippen LogP contribution in [0, 0.1) is 0 Å². The standard InChI is InChI=1S/C11H23N3O/c12-9-11(15)3-4-13-5-7-14(8-6-13)10-1-2-10/h10-11,15H,1-9,12H2. The largest absolute Gasteiger partial charge is 0.392 e. The molecule has 4 nitrogen and oxygen atoms in total. The van der Waals surface area contributed by atoms with Crippen LogP contribution in [-0.4, -0.2) is 66.3 Å². The average molecular weight is 213 g/mol. The predicted molar refractivity (Wildman–Crippen MR) is 60.7 cm³/mol. The van der Waals surface area contributed by atoms with Gasteiger partial charge in [0, 0.05) is 45.3 Å². The smallest absolute Gasteiger partial charge is 0.0674 e. The average Bonchev–Trinajstić information content (AvgIpc) is 3.10. The van der Waals surface area contributed by atoms with Crippen LogP contribution in [0.1, 0.15) is 19.3 Å². The summed E-state index contributed by atoms with van der Waals surface area (Å²) < 4.78 is 0. The molecule has 88 valence electrons. The molecular weight excluding hydrogens is 190 g/mol. The fourth-order valence-corrected chi connectivity index (χ4v) is 2.24. The summed E-state index contributed by atoms with van der Waals surface area (Å²) in [6.07, 6.45) is 3.32. The van der Waals surface area contributed by atoms with E-state index in [0.717, 1.165) is 32.1 Å². The highest BCUT2D eigenvalue weighted by Crippen LogP contribution is 2.27. The minimum Gasteiger partial charge on any atom is -0.392 e. The van der Waals surface area contributed by atoms with Crippen LogP contribution >= 0.6 is 0 Å². The molecule has 1 atom stereocenters. The number of piperazine rings is 1. The molecule has 2 aliphatic rings. The van der Waals surface area contributed by atoms with Crippen molar-refractivity contribution in [2.75, 3.05) is 39.3 Å². The number of hydrogen-bond donors (Lipinski definition) is 2. The van der Waals surface area contributed by atoms with Crippen LogP contribution in [0.5, 0.6) is 0 Å². The van der Waals surface area contributed by atoms with Crippen molar-refractivity contribution in [2.45, 2.75) is 31.4 Å². The Kier molecular flexibility index (Phi) is 3.97. The van der Waals surface area contributed by atoms with Gasteiger partial charge in [0.25, 0.3) is 0 Å². The predicted octanol–water partition coefficient (Wildman–Crippen LogP) is -0.524. The van der Waals surface area contributed by atoms with Gasteiger partial charge in [-0.1, -0.05) is 0 Å². The van der Waals surface area contributed by atoms with E-state index in [0.29, 0.717) is 6.54 Å². The van der Waals surface area contributed by atoms with Gasteiger partial charge in [0.2, 0.25) is 0 Å². The fourth-order valence-electron chi connectivity index (χ4n) is 2.24. The number of nitrogens with zero attached hydrogens (tertiary/aromatic N) is 2. The first-order valence-corrected chi connectivity index (χ1v) is 6.14. The summed E-state index contributed by atoms with van der Waals surface area (Å²) >= 11 is 0. The Morgan fingerprint density at radius 3 is 2.40 bits per heavy atom. The summed E-state index contributed by atoms with van der Waals surface area (Å²) in [7, 11) is 0. The molecule has 1 aliphatic heterocycles. The van der Waals surface area contributed by atoms with Crippen molar-refractivity contribution in [2.24, 2.45) is 5.73 Å². The van der Waals surface area contributed by atoms with Crippen molar-refractivity contribution in [3.63, 3.8) is 0 Å². The summed E-state index contributed by atoms with van der Waals surface area (Å²) in [6, 6.07) is 0.904. The van der Waals surface area contributed by atoms with Crippen LogP contribution in [0.15, 0.2) is 0 Å². The lowest BCUT2D eigenvalue weighted by Crippen LogP contribution is -2.47. The van der Waals surface area contributed by atoms with E-state index in [1.54, 1.807) is 0 Å². The minimum atomic E-state index is -0.313. The zero-order valence-corrected chi connectivity index (χ0v) is 9.44. The molecule has 3 N–H and O–H groups in total. The Hall–Kier alpha value is -0.160. The maximum atomic E-state index is 9.38. The Labute approximate surface area is 92.0 Å². The second kappa shape index (κ2) is 5.25. The van der Waals surface area contributed by atoms with Crippen molar-refractivity contribution < 1.29 is 5.11 Å². The molecule has 4 heteroatoms. The maximum Gasteiger partial charge on any atom is 0.0674 e. The molecule has 0 aromatic carbocycles. The molecule has 1 unspecified atom stereocenters. The van der Waals surface area contributed by atoms with E-state index in [-0.39, 0.29) is 6.10 Å². The van der Waals surface area contributed by atoms with Crippen LogP contribution in [-0.2, 0) is 0 Å².